The molecule has 2 nitrogen and oxygen atoms in total. The highest BCUT2D eigenvalue weighted by atomic mass is 15.1. The van der Waals surface area contributed by atoms with Crippen LogP contribution in [-0.4, -0.2) is 37.1 Å². The maximum absolute atomic E-state index is 3.79. The third kappa shape index (κ3) is 2.02. The number of nitrogens with one attached hydrogen (secondary N) is 1. The first-order valence-electron chi connectivity index (χ1n) is 7.03. The van der Waals surface area contributed by atoms with Crippen LogP contribution >= 0.6 is 0 Å². The van der Waals surface area contributed by atoms with E-state index in [1.807, 2.05) is 0 Å². The van der Waals surface area contributed by atoms with Crippen molar-refractivity contribution >= 4 is 0 Å². The second kappa shape index (κ2) is 4.66. The van der Waals surface area contributed by atoms with Crippen molar-refractivity contribution < 1.29 is 0 Å². The number of fused-ring (bicyclic) bond motifs is 1. The number of likely N-dealkylation sites (tertiary alicyclic amines) is 1. The highest BCUT2D eigenvalue weighted by molar-refractivity contribution is 5.00. The molecular weight excluding hydrogens is 196 g/mol. The number of hydrogen-bond acceptors (Lipinski definition) is 2. The van der Waals surface area contributed by atoms with E-state index >= 15 is 0 Å². The van der Waals surface area contributed by atoms with E-state index in [1.165, 1.54) is 39.0 Å². The minimum atomic E-state index is 0.491. The lowest BCUT2D eigenvalue weighted by molar-refractivity contribution is 0.127. The SMILES string of the molecule is CCN1CCC(C)(C(C)C)C2NCCC2C1. The Morgan fingerprint density at radius 3 is 2.81 bits per heavy atom. The predicted octanol–water partition coefficient (Wildman–Crippen LogP) is 2.35. The van der Waals surface area contributed by atoms with Gasteiger partial charge in [0.15, 0.2) is 0 Å². The Hall–Kier alpha value is -0.0800. The predicted molar refractivity (Wildman–Crippen MR) is 69.6 cm³/mol. The molecule has 0 aromatic heterocycles. The Balaban J connectivity index is 2.19. The van der Waals surface area contributed by atoms with E-state index in [4.69, 9.17) is 0 Å². The fourth-order valence-electron chi connectivity index (χ4n) is 3.64. The van der Waals surface area contributed by atoms with E-state index in [-0.39, 0.29) is 0 Å². The summed E-state index contributed by atoms with van der Waals surface area (Å²) in [6.45, 7) is 14.7. The molecule has 3 unspecified atom stereocenters. The minimum Gasteiger partial charge on any atom is -0.313 e. The summed E-state index contributed by atoms with van der Waals surface area (Å²) < 4.78 is 0. The molecule has 0 aromatic carbocycles. The molecule has 0 spiro atoms. The summed E-state index contributed by atoms with van der Waals surface area (Å²) in [5.74, 6) is 1.66. The Morgan fingerprint density at radius 2 is 2.19 bits per heavy atom. The zero-order chi connectivity index (χ0) is 11.8. The molecule has 0 bridgehead atoms. The van der Waals surface area contributed by atoms with Gasteiger partial charge in [0.1, 0.15) is 0 Å². The Morgan fingerprint density at radius 1 is 1.44 bits per heavy atom. The van der Waals surface area contributed by atoms with Crippen LogP contribution in [0.4, 0.5) is 0 Å². The van der Waals surface area contributed by atoms with E-state index in [2.05, 4.69) is 37.9 Å². The van der Waals surface area contributed by atoms with Gasteiger partial charge >= 0.3 is 0 Å². The molecule has 3 atom stereocenters. The second-order valence-corrected chi connectivity index (χ2v) is 6.28. The topological polar surface area (TPSA) is 15.3 Å². The van der Waals surface area contributed by atoms with Crippen molar-refractivity contribution in [1.82, 2.24) is 10.2 Å². The molecule has 2 fully saturated rings. The molecule has 0 aromatic rings. The largest absolute Gasteiger partial charge is 0.313 e. The minimum absolute atomic E-state index is 0.491. The molecule has 2 aliphatic rings. The zero-order valence-corrected chi connectivity index (χ0v) is 11.4. The average molecular weight is 224 g/mol. The van der Waals surface area contributed by atoms with Gasteiger partial charge in [-0.15, -0.1) is 0 Å². The summed E-state index contributed by atoms with van der Waals surface area (Å²) >= 11 is 0. The molecule has 0 saturated carbocycles. The standard InChI is InChI=1S/C14H28N2/c1-5-16-9-7-14(4,11(2)3)13-12(10-16)6-8-15-13/h11-13,15H,5-10H2,1-4H3. The quantitative estimate of drug-likeness (QED) is 0.774. The first-order valence-corrected chi connectivity index (χ1v) is 7.03. The van der Waals surface area contributed by atoms with Gasteiger partial charge in [-0.1, -0.05) is 27.7 Å². The van der Waals surface area contributed by atoms with Crippen molar-refractivity contribution in [3.05, 3.63) is 0 Å². The van der Waals surface area contributed by atoms with E-state index in [0.29, 0.717) is 5.41 Å². The summed E-state index contributed by atoms with van der Waals surface area (Å²) in [5.41, 5.74) is 0.491. The van der Waals surface area contributed by atoms with Crippen LogP contribution in [0.3, 0.4) is 0 Å². The lowest BCUT2D eigenvalue weighted by Gasteiger charge is -2.40. The van der Waals surface area contributed by atoms with Gasteiger partial charge in [0, 0.05) is 12.6 Å². The molecule has 94 valence electrons. The zero-order valence-electron chi connectivity index (χ0n) is 11.4. The molecule has 2 aliphatic heterocycles. The first kappa shape index (κ1) is 12.4. The molecule has 2 heteroatoms. The third-order valence-corrected chi connectivity index (χ3v) is 5.29. The summed E-state index contributed by atoms with van der Waals surface area (Å²) in [6, 6.07) is 0.754. The number of nitrogens with zero attached hydrogens (tertiary/aromatic N) is 1. The normalized spacial score (nSPS) is 41.1. The van der Waals surface area contributed by atoms with E-state index in [9.17, 15) is 0 Å². The molecular formula is C14H28N2. The summed E-state index contributed by atoms with van der Waals surface area (Å²) in [5, 5.41) is 3.79. The summed E-state index contributed by atoms with van der Waals surface area (Å²) in [7, 11) is 0. The van der Waals surface area contributed by atoms with Gasteiger partial charge in [0.25, 0.3) is 0 Å². The van der Waals surface area contributed by atoms with Gasteiger partial charge < -0.3 is 10.2 Å². The van der Waals surface area contributed by atoms with Crippen molar-refractivity contribution in [2.75, 3.05) is 26.2 Å². The van der Waals surface area contributed by atoms with Crippen LogP contribution in [0, 0.1) is 17.3 Å². The van der Waals surface area contributed by atoms with Gasteiger partial charge in [0.05, 0.1) is 0 Å². The molecule has 0 radical (unpaired) electrons. The smallest absolute Gasteiger partial charge is 0.0165 e. The van der Waals surface area contributed by atoms with Gasteiger partial charge in [-0.05, 0) is 49.7 Å². The molecule has 1 N–H and O–H groups in total. The second-order valence-electron chi connectivity index (χ2n) is 6.28. The van der Waals surface area contributed by atoms with E-state index < -0.39 is 0 Å². The monoisotopic (exact) mass is 224 g/mol. The Bertz CT molecular complexity index is 239. The molecule has 0 aliphatic carbocycles. The van der Waals surface area contributed by atoms with Crippen molar-refractivity contribution in [1.29, 1.82) is 0 Å². The lowest BCUT2D eigenvalue weighted by Crippen LogP contribution is -2.46. The van der Waals surface area contributed by atoms with Crippen LogP contribution in [0.2, 0.25) is 0 Å². The third-order valence-electron chi connectivity index (χ3n) is 5.29. The van der Waals surface area contributed by atoms with E-state index in [1.54, 1.807) is 0 Å². The summed E-state index contributed by atoms with van der Waals surface area (Å²) in [6.07, 6.45) is 2.73. The molecule has 2 rings (SSSR count). The summed E-state index contributed by atoms with van der Waals surface area (Å²) in [4.78, 5) is 2.65. The van der Waals surface area contributed by atoms with Crippen molar-refractivity contribution in [2.45, 2.75) is 46.6 Å². The van der Waals surface area contributed by atoms with Crippen LogP contribution in [0.1, 0.15) is 40.5 Å². The molecule has 2 heterocycles. The van der Waals surface area contributed by atoms with Gasteiger partial charge in [-0.3, -0.25) is 0 Å². The van der Waals surface area contributed by atoms with Crippen molar-refractivity contribution in [3.8, 4) is 0 Å². The fraction of sp³-hybridized carbons (Fsp3) is 1.00. The highest BCUT2D eigenvalue weighted by Gasteiger charge is 2.45. The van der Waals surface area contributed by atoms with Crippen LogP contribution in [0.5, 0.6) is 0 Å². The molecule has 16 heavy (non-hydrogen) atoms. The first-order chi connectivity index (χ1) is 7.58. The van der Waals surface area contributed by atoms with Crippen LogP contribution < -0.4 is 5.32 Å². The van der Waals surface area contributed by atoms with Gasteiger partial charge in [0.2, 0.25) is 0 Å². The van der Waals surface area contributed by atoms with Crippen molar-refractivity contribution in [2.24, 2.45) is 17.3 Å². The Labute approximate surface area is 101 Å². The van der Waals surface area contributed by atoms with Crippen LogP contribution in [0.15, 0.2) is 0 Å². The fourth-order valence-corrected chi connectivity index (χ4v) is 3.64. The van der Waals surface area contributed by atoms with E-state index in [0.717, 1.165) is 17.9 Å². The van der Waals surface area contributed by atoms with Gasteiger partial charge in [-0.25, -0.2) is 0 Å². The lowest BCUT2D eigenvalue weighted by atomic mass is 9.68. The van der Waals surface area contributed by atoms with Crippen LogP contribution in [-0.2, 0) is 0 Å². The van der Waals surface area contributed by atoms with Crippen LogP contribution in [0.25, 0.3) is 0 Å². The average Bonchev–Trinajstić information content (AvgIpc) is 2.66. The maximum atomic E-state index is 3.79. The molecule has 0 amide bonds. The van der Waals surface area contributed by atoms with Crippen molar-refractivity contribution in [3.63, 3.8) is 0 Å². The maximum Gasteiger partial charge on any atom is 0.0165 e. The highest BCUT2D eigenvalue weighted by Crippen LogP contribution is 2.43. The van der Waals surface area contributed by atoms with Gasteiger partial charge in [-0.2, -0.15) is 0 Å². The Kier molecular flexibility index (Phi) is 3.60. The molecule has 2 saturated heterocycles. The number of rotatable bonds is 2. The number of hydrogen-bond donors (Lipinski definition) is 1.